The minimum atomic E-state index is -0.0814. The van der Waals surface area contributed by atoms with E-state index in [0.717, 1.165) is 25.9 Å². The van der Waals surface area contributed by atoms with Gasteiger partial charge in [-0.25, -0.2) is 0 Å². The van der Waals surface area contributed by atoms with Crippen LogP contribution in [0.15, 0.2) is 24.3 Å². The number of likely N-dealkylation sites (tertiary alicyclic amines) is 1. The molecular weight excluding hydrogens is 254 g/mol. The van der Waals surface area contributed by atoms with E-state index in [2.05, 4.69) is 16.3 Å². The molecule has 1 aliphatic rings. The number of carbonyl (C=O) groups excluding carboxylic acids is 1. The van der Waals surface area contributed by atoms with E-state index in [9.17, 15) is 9.90 Å². The fourth-order valence-electron chi connectivity index (χ4n) is 2.49. The number of aromatic hydroxyl groups is 1. The second-order valence-corrected chi connectivity index (χ2v) is 5.05. The highest BCUT2D eigenvalue weighted by molar-refractivity contribution is 5.94. The molecule has 0 bridgehead atoms. The first-order valence-electron chi connectivity index (χ1n) is 6.89. The number of nitriles is 1. The highest BCUT2D eigenvalue weighted by atomic mass is 16.3. The predicted octanol–water partition coefficient (Wildman–Crippen LogP) is 1.96. The molecule has 2 N–H and O–H groups in total. The molecule has 2 rings (SSSR count). The van der Waals surface area contributed by atoms with Crippen LogP contribution in [0.2, 0.25) is 0 Å². The molecule has 1 aromatic rings. The Bertz CT molecular complexity index is 510. The average molecular weight is 273 g/mol. The van der Waals surface area contributed by atoms with Crippen LogP contribution in [-0.2, 0) is 4.79 Å². The van der Waals surface area contributed by atoms with Gasteiger partial charge in [-0.3, -0.25) is 4.79 Å². The lowest BCUT2D eigenvalue weighted by atomic mass is 9.97. The Morgan fingerprint density at radius 2 is 2.30 bits per heavy atom. The van der Waals surface area contributed by atoms with Crippen molar-refractivity contribution in [3.63, 3.8) is 0 Å². The molecule has 0 spiro atoms. The second kappa shape index (κ2) is 6.92. The van der Waals surface area contributed by atoms with Crippen LogP contribution in [-0.4, -0.2) is 35.5 Å². The quantitative estimate of drug-likeness (QED) is 0.822. The lowest BCUT2D eigenvalue weighted by Gasteiger charge is -2.31. The van der Waals surface area contributed by atoms with Crippen molar-refractivity contribution in [1.82, 2.24) is 4.90 Å². The number of nitrogens with zero attached hydrogens (tertiary/aromatic N) is 2. The third-order valence-electron chi connectivity index (χ3n) is 3.58. The van der Waals surface area contributed by atoms with E-state index in [1.807, 2.05) is 0 Å². The normalized spacial score (nSPS) is 19.2. The summed E-state index contributed by atoms with van der Waals surface area (Å²) in [5.41, 5.74) is 0.451. The van der Waals surface area contributed by atoms with Crippen molar-refractivity contribution in [2.75, 3.05) is 25.0 Å². The molecule has 1 unspecified atom stereocenters. The number of phenols is 1. The van der Waals surface area contributed by atoms with Gasteiger partial charge in [0.1, 0.15) is 5.75 Å². The summed E-state index contributed by atoms with van der Waals surface area (Å²) in [6.45, 7) is 2.35. The van der Waals surface area contributed by atoms with Gasteiger partial charge < -0.3 is 15.3 Å². The number of carbonyl (C=O) groups is 1. The molecule has 1 fully saturated rings. The van der Waals surface area contributed by atoms with Gasteiger partial charge in [-0.05, 0) is 31.5 Å². The van der Waals surface area contributed by atoms with Gasteiger partial charge in [-0.2, -0.15) is 5.26 Å². The summed E-state index contributed by atoms with van der Waals surface area (Å²) < 4.78 is 0. The van der Waals surface area contributed by atoms with E-state index in [-0.39, 0.29) is 17.6 Å². The molecule has 1 heterocycles. The first-order valence-corrected chi connectivity index (χ1v) is 6.89. The monoisotopic (exact) mass is 273 g/mol. The maximum Gasteiger partial charge on any atom is 0.228 e. The number of nitrogens with one attached hydrogen (secondary N) is 1. The van der Waals surface area contributed by atoms with Crippen LogP contribution in [0.1, 0.15) is 19.3 Å². The molecule has 5 nitrogen and oxygen atoms in total. The van der Waals surface area contributed by atoms with Crippen LogP contribution in [0, 0.1) is 17.2 Å². The highest BCUT2D eigenvalue weighted by Crippen LogP contribution is 2.24. The minimum Gasteiger partial charge on any atom is -0.506 e. The molecule has 1 atom stereocenters. The Morgan fingerprint density at radius 1 is 1.50 bits per heavy atom. The van der Waals surface area contributed by atoms with Crippen molar-refractivity contribution in [3.05, 3.63) is 24.3 Å². The maximum absolute atomic E-state index is 12.2. The van der Waals surface area contributed by atoms with Crippen molar-refractivity contribution in [3.8, 4) is 11.8 Å². The fraction of sp³-hybridized carbons (Fsp3) is 0.467. The van der Waals surface area contributed by atoms with Crippen LogP contribution in [0.3, 0.4) is 0 Å². The van der Waals surface area contributed by atoms with Crippen LogP contribution in [0.4, 0.5) is 5.69 Å². The van der Waals surface area contributed by atoms with Gasteiger partial charge in [-0.15, -0.1) is 0 Å². The Balaban J connectivity index is 1.92. The molecule has 106 valence electrons. The van der Waals surface area contributed by atoms with Gasteiger partial charge in [0.2, 0.25) is 5.91 Å². The molecule has 20 heavy (non-hydrogen) atoms. The summed E-state index contributed by atoms with van der Waals surface area (Å²) in [6, 6.07) is 8.86. The number of anilines is 1. The zero-order valence-electron chi connectivity index (χ0n) is 11.4. The van der Waals surface area contributed by atoms with E-state index in [4.69, 9.17) is 5.26 Å². The van der Waals surface area contributed by atoms with Crippen molar-refractivity contribution in [1.29, 1.82) is 5.26 Å². The molecule has 1 saturated heterocycles. The lowest BCUT2D eigenvalue weighted by molar-refractivity contribution is -0.121. The molecule has 5 heteroatoms. The van der Waals surface area contributed by atoms with Gasteiger partial charge in [-0.1, -0.05) is 12.1 Å². The lowest BCUT2D eigenvalue weighted by Crippen LogP contribution is -2.41. The maximum atomic E-state index is 12.2. The average Bonchev–Trinajstić information content (AvgIpc) is 2.48. The Labute approximate surface area is 118 Å². The summed E-state index contributed by atoms with van der Waals surface area (Å²) >= 11 is 0. The number of phenolic OH excluding ortho intramolecular Hbond substituents is 1. The number of benzene rings is 1. The van der Waals surface area contributed by atoms with Crippen molar-refractivity contribution >= 4 is 11.6 Å². The standard InChI is InChI=1S/C15H19N3O2/c16-8-4-10-18-9-3-5-12(11-18)15(20)17-13-6-1-2-7-14(13)19/h1-2,6-7,12,19H,3-5,9-11H2,(H,17,20). The van der Waals surface area contributed by atoms with Crippen LogP contribution in [0.25, 0.3) is 0 Å². The van der Waals surface area contributed by atoms with Crippen LogP contribution in [0.5, 0.6) is 5.75 Å². The first kappa shape index (κ1) is 14.4. The number of rotatable bonds is 4. The van der Waals surface area contributed by atoms with Crippen molar-refractivity contribution in [2.24, 2.45) is 5.92 Å². The van der Waals surface area contributed by atoms with E-state index in [1.54, 1.807) is 24.3 Å². The zero-order chi connectivity index (χ0) is 14.4. The van der Waals surface area contributed by atoms with E-state index < -0.39 is 0 Å². The van der Waals surface area contributed by atoms with Gasteiger partial charge in [0.05, 0.1) is 17.7 Å². The van der Waals surface area contributed by atoms with Crippen molar-refractivity contribution < 1.29 is 9.90 Å². The SMILES string of the molecule is N#CCCN1CCCC(C(=O)Nc2ccccc2O)C1. The first-order chi connectivity index (χ1) is 9.70. The number of hydrogen-bond acceptors (Lipinski definition) is 4. The smallest absolute Gasteiger partial charge is 0.228 e. The third kappa shape index (κ3) is 3.72. The van der Waals surface area contributed by atoms with Gasteiger partial charge in [0, 0.05) is 19.5 Å². The Hall–Kier alpha value is -2.06. The summed E-state index contributed by atoms with van der Waals surface area (Å²) in [6.07, 6.45) is 2.31. The number of amides is 1. The molecule has 1 aliphatic heterocycles. The number of para-hydroxylation sites is 2. The van der Waals surface area contributed by atoms with Crippen molar-refractivity contribution in [2.45, 2.75) is 19.3 Å². The highest BCUT2D eigenvalue weighted by Gasteiger charge is 2.25. The molecule has 0 aromatic heterocycles. The number of hydrogen-bond donors (Lipinski definition) is 2. The van der Waals surface area contributed by atoms with E-state index in [0.29, 0.717) is 18.7 Å². The van der Waals surface area contributed by atoms with E-state index >= 15 is 0 Å². The Kier molecular flexibility index (Phi) is 4.97. The minimum absolute atomic E-state index is 0.0619. The Morgan fingerprint density at radius 3 is 3.05 bits per heavy atom. The third-order valence-corrected chi connectivity index (χ3v) is 3.58. The number of piperidine rings is 1. The van der Waals surface area contributed by atoms with Gasteiger partial charge >= 0.3 is 0 Å². The molecule has 0 saturated carbocycles. The van der Waals surface area contributed by atoms with E-state index in [1.165, 1.54) is 0 Å². The zero-order valence-corrected chi connectivity index (χ0v) is 11.4. The molecular formula is C15H19N3O2. The van der Waals surface area contributed by atoms with Gasteiger partial charge in [0.15, 0.2) is 0 Å². The van der Waals surface area contributed by atoms with Crippen LogP contribution < -0.4 is 5.32 Å². The molecule has 0 aliphatic carbocycles. The second-order valence-electron chi connectivity index (χ2n) is 5.05. The summed E-state index contributed by atoms with van der Waals surface area (Å²) in [7, 11) is 0. The van der Waals surface area contributed by atoms with Crippen LogP contribution >= 0.6 is 0 Å². The largest absolute Gasteiger partial charge is 0.506 e. The fourth-order valence-corrected chi connectivity index (χ4v) is 2.49. The molecule has 0 radical (unpaired) electrons. The topological polar surface area (TPSA) is 76.4 Å². The summed E-state index contributed by atoms with van der Waals surface area (Å²) in [4.78, 5) is 14.4. The molecule has 1 amide bonds. The summed E-state index contributed by atoms with van der Waals surface area (Å²) in [5, 5.41) is 21.1. The molecule has 1 aromatic carbocycles. The predicted molar refractivity (Wildman–Crippen MR) is 76.1 cm³/mol. The summed E-state index contributed by atoms with van der Waals surface area (Å²) in [5.74, 6) is -0.0618. The van der Waals surface area contributed by atoms with Gasteiger partial charge in [0.25, 0.3) is 0 Å².